The average molecular weight is 381 g/mol. The van der Waals surface area contributed by atoms with E-state index in [-0.39, 0.29) is 24.7 Å². The highest BCUT2D eigenvalue weighted by atomic mass is 31.2. The van der Waals surface area contributed by atoms with Crippen LogP contribution >= 0.6 is 7.60 Å². The van der Waals surface area contributed by atoms with Gasteiger partial charge in [-0.05, 0) is 26.0 Å². The fourth-order valence-corrected chi connectivity index (χ4v) is 4.47. The van der Waals surface area contributed by atoms with Gasteiger partial charge in [-0.1, -0.05) is 18.2 Å². The highest BCUT2D eigenvalue weighted by molar-refractivity contribution is 7.55. The summed E-state index contributed by atoms with van der Waals surface area (Å²) in [6.07, 6.45) is -4.64. The third-order valence-electron chi connectivity index (χ3n) is 3.42. The molecule has 0 fully saturated rings. The van der Waals surface area contributed by atoms with Crippen molar-refractivity contribution in [2.24, 2.45) is 0 Å². The molecule has 0 aromatic heterocycles. The molecule has 25 heavy (non-hydrogen) atoms. The first kappa shape index (κ1) is 21.5. The van der Waals surface area contributed by atoms with Crippen LogP contribution in [0, 0.1) is 0 Å². The molecule has 1 rings (SSSR count). The van der Waals surface area contributed by atoms with Crippen LogP contribution in [0.3, 0.4) is 0 Å². The zero-order chi connectivity index (χ0) is 19.1. The first-order valence-corrected chi connectivity index (χ1v) is 9.23. The lowest BCUT2D eigenvalue weighted by Crippen LogP contribution is -2.52. The molecular weight excluding hydrogens is 358 g/mol. The topological polar surface area (TPSA) is 56.8 Å². The molecule has 0 bridgehead atoms. The van der Waals surface area contributed by atoms with E-state index in [4.69, 9.17) is 13.8 Å². The molecule has 0 amide bonds. The zero-order valence-corrected chi connectivity index (χ0v) is 15.3. The van der Waals surface area contributed by atoms with Crippen LogP contribution in [-0.2, 0) is 13.6 Å². The maximum atomic E-state index is 14.1. The monoisotopic (exact) mass is 381 g/mol. The Morgan fingerprint density at radius 1 is 1.20 bits per heavy atom. The minimum atomic E-state index is -4.96. The molecule has 0 saturated carbocycles. The number of methoxy groups -OCH3 is 1. The van der Waals surface area contributed by atoms with Crippen molar-refractivity contribution in [1.82, 2.24) is 0 Å². The summed E-state index contributed by atoms with van der Waals surface area (Å²) in [6.45, 7) is 5.85. The molecule has 0 radical (unpaired) electrons. The minimum Gasteiger partial charge on any atom is -0.495 e. The quantitative estimate of drug-likeness (QED) is 0.446. The molecule has 0 aliphatic carbocycles. The van der Waals surface area contributed by atoms with Crippen LogP contribution in [0.2, 0.25) is 0 Å². The number of nitrogens with one attached hydrogen (secondary N) is 1. The molecule has 0 heterocycles. The van der Waals surface area contributed by atoms with Crippen LogP contribution in [0.15, 0.2) is 36.9 Å². The third-order valence-corrected chi connectivity index (χ3v) is 6.10. The van der Waals surface area contributed by atoms with E-state index >= 15 is 0 Å². The molecule has 142 valence electrons. The van der Waals surface area contributed by atoms with E-state index in [2.05, 4.69) is 11.9 Å². The third kappa shape index (κ3) is 4.37. The van der Waals surface area contributed by atoms with E-state index in [1.54, 1.807) is 6.07 Å². The summed E-state index contributed by atoms with van der Waals surface area (Å²) in [7, 11) is -3.33. The fraction of sp³-hybridized carbons (Fsp3) is 0.500. The average Bonchev–Trinajstić information content (AvgIpc) is 2.54. The van der Waals surface area contributed by atoms with Crippen molar-refractivity contribution in [3.8, 4) is 5.75 Å². The molecule has 9 heteroatoms. The summed E-state index contributed by atoms with van der Waals surface area (Å²) in [5.74, 6) is 0.166. The summed E-state index contributed by atoms with van der Waals surface area (Å²) in [5.41, 5.74) is 0.0174. The van der Waals surface area contributed by atoms with Gasteiger partial charge < -0.3 is 19.1 Å². The highest BCUT2D eigenvalue weighted by Gasteiger charge is 2.68. The molecule has 1 aromatic carbocycles. The van der Waals surface area contributed by atoms with Crippen molar-refractivity contribution < 1.29 is 31.5 Å². The summed E-state index contributed by atoms with van der Waals surface area (Å²) in [5, 5.41) is -0.669. The standard InChI is InChI=1S/C16H23F3NO4P/c1-5-12-15(16(17,18)19,25(21,23-6-2)24-7-3)20-13-10-8-9-11-14(13)22-4/h5,8-11,20H,1,6-7,12H2,2-4H3. The summed E-state index contributed by atoms with van der Waals surface area (Å²) in [6, 6.07) is 6.03. The Kier molecular flexibility index (Phi) is 7.53. The molecule has 0 saturated heterocycles. The molecular formula is C16H23F3NO4P. The van der Waals surface area contributed by atoms with Crippen LogP contribution in [-0.4, -0.2) is 31.8 Å². The molecule has 1 N–H and O–H groups in total. The first-order chi connectivity index (χ1) is 11.7. The van der Waals surface area contributed by atoms with Crippen molar-refractivity contribution in [1.29, 1.82) is 0 Å². The van der Waals surface area contributed by atoms with Gasteiger partial charge in [0, 0.05) is 6.42 Å². The summed E-state index contributed by atoms with van der Waals surface area (Å²) in [4.78, 5) is 0. The lowest BCUT2D eigenvalue weighted by Gasteiger charge is -2.40. The number of halogens is 3. The van der Waals surface area contributed by atoms with E-state index in [0.29, 0.717) is 0 Å². The second kappa shape index (κ2) is 8.74. The van der Waals surface area contributed by atoms with E-state index in [1.807, 2.05) is 0 Å². The van der Waals surface area contributed by atoms with Crippen molar-refractivity contribution in [3.05, 3.63) is 36.9 Å². The predicted octanol–water partition coefficient (Wildman–Crippen LogP) is 5.21. The van der Waals surface area contributed by atoms with Gasteiger partial charge in [-0.25, -0.2) is 0 Å². The van der Waals surface area contributed by atoms with E-state index in [0.717, 1.165) is 6.08 Å². The number of hydrogen-bond acceptors (Lipinski definition) is 5. The Bertz CT molecular complexity index is 614. The van der Waals surface area contributed by atoms with E-state index < -0.39 is 25.5 Å². The maximum Gasteiger partial charge on any atom is 0.423 e. The van der Waals surface area contributed by atoms with Crippen molar-refractivity contribution in [3.63, 3.8) is 0 Å². The minimum absolute atomic E-state index is 0.0174. The molecule has 0 aliphatic heterocycles. The van der Waals surface area contributed by atoms with Gasteiger partial charge in [0.15, 0.2) is 0 Å². The molecule has 0 spiro atoms. The Labute approximate surface area is 145 Å². The summed E-state index contributed by atoms with van der Waals surface area (Å²) >= 11 is 0. The van der Waals surface area contributed by atoms with Gasteiger partial charge in [-0.15, -0.1) is 6.58 Å². The van der Waals surface area contributed by atoms with Gasteiger partial charge in [-0.3, -0.25) is 4.57 Å². The van der Waals surface area contributed by atoms with Crippen LogP contribution < -0.4 is 10.1 Å². The SMILES string of the molecule is C=CCC(Nc1ccccc1OC)(C(F)(F)F)P(=O)(OCC)OCC. The molecule has 1 atom stereocenters. The zero-order valence-electron chi connectivity index (χ0n) is 14.4. The van der Waals surface area contributed by atoms with Crippen LogP contribution in [0.25, 0.3) is 0 Å². The lowest BCUT2D eigenvalue weighted by atomic mass is 10.1. The van der Waals surface area contributed by atoms with E-state index in [1.165, 1.54) is 39.2 Å². The highest BCUT2D eigenvalue weighted by Crippen LogP contribution is 2.67. The summed E-state index contributed by atoms with van der Waals surface area (Å²) < 4.78 is 70.7. The van der Waals surface area contributed by atoms with Crippen molar-refractivity contribution >= 4 is 13.3 Å². The van der Waals surface area contributed by atoms with Crippen LogP contribution in [0.4, 0.5) is 18.9 Å². The number of anilines is 1. The van der Waals surface area contributed by atoms with Gasteiger partial charge in [-0.2, -0.15) is 13.2 Å². The number of benzene rings is 1. The number of para-hydroxylation sites is 2. The Hall–Kier alpha value is -1.50. The predicted molar refractivity (Wildman–Crippen MR) is 91.1 cm³/mol. The number of rotatable bonds is 10. The maximum absolute atomic E-state index is 14.1. The molecule has 5 nitrogen and oxygen atoms in total. The van der Waals surface area contributed by atoms with Gasteiger partial charge in [0.2, 0.25) is 5.28 Å². The Morgan fingerprint density at radius 3 is 2.20 bits per heavy atom. The van der Waals surface area contributed by atoms with Crippen molar-refractivity contribution in [2.45, 2.75) is 31.7 Å². The van der Waals surface area contributed by atoms with E-state index in [9.17, 15) is 17.7 Å². The molecule has 0 aliphatic rings. The molecule has 1 aromatic rings. The van der Waals surface area contributed by atoms with Crippen LogP contribution in [0.5, 0.6) is 5.75 Å². The number of alkyl halides is 3. The number of ether oxygens (including phenoxy) is 1. The Morgan fingerprint density at radius 2 is 1.76 bits per heavy atom. The smallest absolute Gasteiger partial charge is 0.423 e. The largest absolute Gasteiger partial charge is 0.495 e. The van der Waals surface area contributed by atoms with Gasteiger partial charge >= 0.3 is 13.8 Å². The molecule has 1 unspecified atom stereocenters. The van der Waals surface area contributed by atoms with Gasteiger partial charge in [0.1, 0.15) is 5.75 Å². The van der Waals surface area contributed by atoms with Gasteiger partial charge in [0.25, 0.3) is 0 Å². The first-order valence-electron chi connectivity index (χ1n) is 7.69. The number of hydrogen-bond donors (Lipinski definition) is 1. The normalized spacial score (nSPS) is 14.6. The Balaban J connectivity index is 3.60. The fourth-order valence-electron chi connectivity index (χ4n) is 2.35. The van der Waals surface area contributed by atoms with Gasteiger partial charge in [0.05, 0.1) is 26.0 Å². The lowest BCUT2D eigenvalue weighted by molar-refractivity contribution is -0.160. The van der Waals surface area contributed by atoms with Crippen molar-refractivity contribution in [2.75, 3.05) is 25.6 Å². The van der Waals surface area contributed by atoms with Crippen LogP contribution in [0.1, 0.15) is 20.3 Å². The second-order valence-corrected chi connectivity index (χ2v) is 7.28. The second-order valence-electron chi connectivity index (χ2n) is 5.01.